The molecule has 5 rings (SSSR count). The summed E-state index contributed by atoms with van der Waals surface area (Å²) in [6.45, 7) is 0.609. The van der Waals surface area contributed by atoms with Crippen LogP contribution >= 0.6 is 0 Å². The molecule has 0 fully saturated rings. The molecule has 0 saturated heterocycles. The van der Waals surface area contributed by atoms with Gasteiger partial charge in [-0.1, -0.05) is 12.1 Å². The van der Waals surface area contributed by atoms with Crippen molar-refractivity contribution in [1.82, 2.24) is 9.97 Å². The fourth-order valence-electron chi connectivity index (χ4n) is 3.41. The van der Waals surface area contributed by atoms with E-state index in [1.807, 2.05) is 54.9 Å². The van der Waals surface area contributed by atoms with Gasteiger partial charge in [-0.15, -0.1) is 0 Å². The van der Waals surface area contributed by atoms with Gasteiger partial charge in [-0.3, -0.25) is 9.98 Å². The predicted octanol–water partition coefficient (Wildman–Crippen LogP) is 4.37. The fraction of sp³-hybridized carbons (Fsp3) is 0.0909. The summed E-state index contributed by atoms with van der Waals surface area (Å²) < 4.78 is 5.24. The maximum Gasteiger partial charge on any atom is 0.156 e. The number of methoxy groups -OCH3 is 1. The Balaban J connectivity index is 1.72. The maximum atomic E-state index is 5.24. The quantitative estimate of drug-likeness (QED) is 0.544. The number of nitrogens with zero attached hydrogens (tertiary/aromatic N) is 4. The van der Waals surface area contributed by atoms with Crippen molar-refractivity contribution >= 4 is 45.2 Å². The molecule has 3 heterocycles. The summed E-state index contributed by atoms with van der Waals surface area (Å²) in [5.41, 5.74) is 2.71. The van der Waals surface area contributed by atoms with Gasteiger partial charge in [0.1, 0.15) is 11.6 Å². The van der Waals surface area contributed by atoms with E-state index in [1.165, 1.54) is 0 Å². The van der Waals surface area contributed by atoms with E-state index in [4.69, 9.17) is 9.72 Å². The summed E-state index contributed by atoms with van der Waals surface area (Å²) in [6.07, 6.45) is 5.47. The molecule has 0 radical (unpaired) electrons. The Morgan fingerprint density at radius 2 is 1.86 bits per heavy atom. The van der Waals surface area contributed by atoms with Crippen LogP contribution in [0.2, 0.25) is 0 Å². The van der Waals surface area contributed by atoms with E-state index in [1.54, 1.807) is 13.3 Å². The van der Waals surface area contributed by atoms with E-state index >= 15 is 0 Å². The number of ether oxygens (including phenoxy) is 1. The number of nitrogens with one attached hydrogen (secondary N) is 1. The smallest absolute Gasteiger partial charge is 0.156 e. The Kier molecular flexibility index (Phi) is 3.94. The third-order valence-electron chi connectivity index (χ3n) is 4.76. The summed E-state index contributed by atoms with van der Waals surface area (Å²) in [6, 6.07) is 15.8. The van der Waals surface area contributed by atoms with Crippen LogP contribution in [0.3, 0.4) is 0 Å². The maximum absolute atomic E-state index is 5.24. The number of hydrogen-bond acceptors (Lipinski definition) is 6. The highest BCUT2D eigenvalue weighted by molar-refractivity contribution is 6.18. The molecule has 4 aromatic rings. The summed E-state index contributed by atoms with van der Waals surface area (Å²) in [5.74, 6) is 2.30. The lowest BCUT2D eigenvalue weighted by Gasteiger charge is -2.13. The minimum absolute atomic E-state index is 0.609. The number of benzene rings is 2. The van der Waals surface area contributed by atoms with Crippen molar-refractivity contribution in [2.24, 2.45) is 9.98 Å². The van der Waals surface area contributed by atoms with Gasteiger partial charge in [0, 0.05) is 46.0 Å². The van der Waals surface area contributed by atoms with E-state index < -0.39 is 0 Å². The molecule has 28 heavy (non-hydrogen) atoms. The van der Waals surface area contributed by atoms with Gasteiger partial charge < -0.3 is 10.1 Å². The lowest BCUT2D eigenvalue weighted by molar-refractivity contribution is 0.415. The number of rotatable bonds is 4. The van der Waals surface area contributed by atoms with Gasteiger partial charge in [-0.2, -0.15) is 0 Å². The van der Waals surface area contributed by atoms with Crippen molar-refractivity contribution in [2.75, 3.05) is 19.0 Å². The normalized spacial score (nSPS) is 13.1. The molecule has 0 aliphatic carbocycles. The molecule has 2 aromatic carbocycles. The summed E-state index contributed by atoms with van der Waals surface area (Å²) in [4.78, 5) is 18.2. The molecule has 2 aromatic heterocycles. The zero-order chi connectivity index (χ0) is 18.9. The molecule has 1 aliphatic heterocycles. The van der Waals surface area contributed by atoms with Crippen molar-refractivity contribution in [3.05, 3.63) is 66.5 Å². The van der Waals surface area contributed by atoms with Crippen LogP contribution in [0.1, 0.15) is 5.56 Å². The van der Waals surface area contributed by atoms with Gasteiger partial charge in [0.05, 0.1) is 19.2 Å². The molecule has 0 amide bonds. The highest BCUT2D eigenvalue weighted by Crippen LogP contribution is 2.32. The van der Waals surface area contributed by atoms with Crippen LogP contribution in [-0.2, 0) is 0 Å². The molecule has 6 heteroatoms. The van der Waals surface area contributed by atoms with Crippen LogP contribution in [0.4, 0.5) is 11.5 Å². The highest BCUT2D eigenvalue weighted by atomic mass is 16.5. The number of amidine groups is 1. The fourth-order valence-corrected chi connectivity index (χ4v) is 3.41. The highest BCUT2D eigenvalue weighted by Gasteiger charge is 2.15. The molecular formula is C22H17N5O. The Bertz CT molecular complexity index is 1250. The zero-order valence-corrected chi connectivity index (χ0v) is 15.3. The second kappa shape index (κ2) is 6.74. The lowest BCUT2D eigenvalue weighted by Crippen LogP contribution is -2.01. The standard InChI is InChI=1S/C22H17N5O/c1-28-15-7-5-14(6-8-15)26-22-17-9-10-23-13-19(17)16-3-2-4-18(20(16)27-22)21-24-11-12-25-21/h2-11,13H,12H2,1H3,(H,26,27). The molecular weight excluding hydrogens is 350 g/mol. The first-order valence-electron chi connectivity index (χ1n) is 8.98. The average Bonchev–Trinajstić information content (AvgIpc) is 3.29. The van der Waals surface area contributed by atoms with Crippen LogP contribution in [0, 0.1) is 0 Å². The van der Waals surface area contributed by atoms with Gasteiger partial charge >= 0.3 is 0 Å². The van der Waals surface area contributed by atoms with Gasteiger partial charge in [-0.25, -0.2) is 9.98 Å². The number of anilines is 2. The molecule has 1 N–H and O–H groups in total. The number of pyridine rings is 2. The summed E-state index contributed by atoms with van der Waals surface area (Å²) >= 11 is 0. The third kappa shape index (κ3) is 2.75. The van der Waals surface area contributed by atoms with Gasteiger partial charge in [0.2, 0.25) is 0 Å². The van der Waals surface area contributed by atoms with E-state index in [0.717, 1.165) is 50.3 Å². The largest absolute Gasteiger partial charge is 0.497 e. The van der Waals surface area contributed by atoms with Crippen molar-refractivity contribution in [3.8, 4) is 5.75 Å². The third-order valence-corrected chi connectivity index (χ3v) is 4.76. The number of aliphatic imine (C=N–C) groups is 2. The lowest BCUT2D eigenvalue weighted by atomic mass is 10.0. The topological polar surface area (TPSA) is 71.8 Å². The van der Waals surface area contributed by atoms with Crippen LogP contribution in [0.25, 0.3) is 21.7 Å². The first kappa shape index (κ1) is 16.4. The van der Waals surface area contributed by atoms with E-state index in [2.05, 4.69) is 26.4 Å². The average molecular weight is 367 g/mol. The molecule has 1 aliphatic rings. The van der Waals surface area contributed by atoms with Crippen molar-refractivity contribution in [3.63, 3.8) is 0 Å². The monoisotopic (exact) mass is 367 g/mol. The van der Waals surface area contributed by atoms with Gasteiger partial charge in [0.15, 0.2) is 5.84 Å². The Labute approximate surface area is 161 Å². The molecule has 0 bridgehead atoms. The number of fused-ring (bicyclic) bond motifs is 3. The zero-order valence-electron chi connectivity index (χ0n) is 15.3. The molecule has 6 nitrogen and oxygen atoms in total. The number of para-hydroxylation sites is 1. The molecule has 0 spiro atoms. The van der Waals surface area contributed by atoms with Crippen LogP contribution in [0.15, 0.2) is 70.9 Å². The van der Waals surface area contributed by atoms with Crippen LogP contribution < -0.4 is 10.1 Å². The minimum atomic E-state index is 0.609. The Morgan fingerprint density at radius 1 is 0.964 bits per heavy atom. The first-order chi connectivity index (χ1) is 13.8. The molecule has 0 unspecified atom stereocenters. The molecule has 136 valence electrons. The second-order valence-electron chi connectivity index (χ2n) is 6.41. The predicted molar refractivity (Wildman–Crippen MR) is 113 cm³/mol. The number of hydrogen-bond donors (Lipinski definition) is 1. The van der Waals surface area contributed by atoms with Crippen LogP contribution in [-0.4, -0.2) is 35.7 Å². The van der Waals surface area contributed by atoms with Crippen molar-refractivity contribution in [2.45, 2.75) is 0 Å². The SMILES string of the molecule is COc1ccc(Nc2nc3c(C4=NCC=N4)cccc3c3cnccc23)cc1. The minimum Gasteiger partial charge on any atom is -0.497 e. The van der Waals surface area contributed by atoms with Crippen LogP contribution in [0.5, 0.6) is 5.75 Å². The van der Waals surface area contributed by atoms with Crippen molar-refractivity contribution < 1.29 is 4.74 Å². The second-order valence-corrected chi connectivity index (χ2v) is 6.41. The Morgan fingerprint density at radius 3 is 2.64 bits per heavy atom. The van der Waals surface area contributed by atoms with Crippen molar-refractivity contribution in [1.29, 1.82) is 0 Å². The first-order valence-corrected chi connectivity index (χ1v) is 8.98. The molecule has 0 atom stereocenters. The Hall–Kier alpha value is -3.80. The molecule has 0 saturated carbocycles. The summed E-state index contributed by atoms with van der Waals surface area (Å²) in [7, 11) is 1.66. The van der Waals surface area contributed by atoms with Gasteiger partial charge in [-0.05, 0) is 36.4 Å². The van der Waals surface area contributed by atoms with Gasteiger partial charge in [0.25, 0.3) is 0 Å². The number of aromatic nitrogens is 2. The van der Waals surface area contributed by atoms with E-state index in [9.17, 15) is 0 Å². The van der Waals surface area contributed by atoms with E-state index in [0.29, 0.717) is 6.54 Å². The summed E-state index contributed by atoms with van der Waals surface area (Å²) in [5, 5.41) is 6.51. The van der Waals surface area contributed by atoms with E-state index in [-0.39, 0.29) is 0 Å².